The molecule has 2 fully saturated rings. The van der Waals surface area contributed by atoms with E-state index in [0.29, 0.717) is 33.5 Å². The highest BCUT2D eigenvalue weighted by atomic mass is 32.2. The van der Waals surface area contributed by atoms with Crippen LogP contribution in [0.15, 0.2) is 161 Å². The second-order valence-corrected chi connectivity index (χ2v) is 22.1. The molecule has 2 saturated carbocycles. The summed E-state index contributed by atoms with van der Waals surface area (Å²) in [4.78, 5) is 3.40. The van der Waals surface area contributed by atoms with Crippen molar-refractivity contribution in [1.29, 1.82) is 0 Å². The van der Waals surface area contributed by atoms with E-state index >= 15 is 0 Å². The lowest BCUT2D eigenvalue weighted by atomic mass is 9.46. The van der Waals surface area contributed by atoms with E-state index in [1.807, 2.05) is 29.5 Å². The lowest BCUT2D eigenvalue weighted by Crippen LogP contribution is -2.54. The van der Waals surface area contributed by atoms with Crippen molar-refractivity contribution in [3.63, 3.8) is 0 Å². The van der Waals surface area contributed by atoms with Crippen LogP contribution in [0, 0.1) is 23.7 Å². The Labute approximate surface area is 363 Å². The Hall–Kier alpha value is -5.49. The van der Waals surface area contributed by atoms with E-state index in [9.17, 15) is 8.42 Å². The molecule has 1 aromatic heterocycles. The van der Waals surface area contributed by atoms with Gasteiger partial charge in [-0.25, -0.2) is 8.42 Å². The van der Waals surface area contributed by atoms with Crippen LogP contribution in [0.3, 0.4) is 0 Å². The van der Waals surface area contributed by atoms with Gasteiger partial charge in [-0.3, -0.25) is 0 Å². The van der Waals surface area contributed by atoms with E-state index in [2.05, 4.69) is 166 Å². The van der Waals surface area contributed by atoms with Crippen molar-refractivity contribution in [2.24, 2.45) is 23.7 Å². The van der Waals surface area contributed by atoms with E-state index in [0.717, 1.165) is 59.4 Å². The largest absolute Gasteiger partial charge is 0.310 e. The van der Waals surface area contributed by atoms with E-state index < -0.39 is 9.84 Å². The summed E-state index contributed by atoms with van der Waals surface area (Å²) in [5.41, 5.74) is 12.2. The van der Waals surface area contributed by atoms with Crippen LogP contribution in [0.1, 0.15) is 75.6 Å². The predicted molar refractivity (Wildman–Crippen MR) is 253 cm³/mol. The molecule has 302 valence electrons. The summed E-state index contributed by atoms with van der Waals surface area (Å²) in [6, 6.07) is 54.5. The maximum atomic E-state index is 14.9. The fraction of sp³-hybridized carbons (Fsp3) is 0.250. The number of thiophene rings is 1. The van der Waals surface area contributed by atoms with Crippen LogP contribution < -0.4 is 4.90 Å². The topological polar surface area (TPSA) is 37.4 Å². The Morgan fingerprint density at radius 1 is 0.525 bits per heavy atom. The average molecular weight is 832 g/mol. The van der Waals surface area contributed by atoms with E-state index in [-0.39, 0.29) is 10.8 Å². The van der Waals surface area contributed by atoms with Crippen molar-refractivity contribution in [2.75, 3.05) is 4.90 Å². The monoisotopic (exact) mass is 831 g/mol. The number of fused-ring (bicyclic) bond motifs is 8. The number of hydrogen-bond acceptors (Lipinski definition) is 4. The smallest absolute Gasteiger partial charge is 0.207 e. The third kappa shape index (κ3) is 5.23. The number of hydrogen-bond donors (Lipinski definition) is 0. The lowest BCUT2D eigenvalue weighted by molar-refractivity contribution is 0.0231. The molecule has 12 rings (SSSR count). The summed E-state index contributed by atoms with van der Waals surface area (Å²) in [6.45, 7) is 9.50. The molecule has 2 bridgehead atoms. The second kappa shape index (κ2) is 13.3. The first-order valence-corrected chi connectivity index (χ1v) is 24.4. The zero-order chi connectivity index (χ0) is 41.4. The first-order valence-electron chi connectivity index (χ1n) is 22.1. The molecule has 4 aliphatic rings. The molecule has 8 aromatic rings. The average Bonchev–Trinajstić information content (AvgIpc) is 3.75. The van der Waals surface area contributed by atoms with Gasteiger partial charge in [-0.05, 0) is 148 Å². The third-order valence-electron chi connectivity index (χ3n) is 15.3. The van der Waals surface area contributed by atoms with Crippen LogP contribution in [0.4, 0.5) is 17.1 Å². The summed E-state index contributed by atoms with van der Waals surface area (Å²) < 4.78 is 32.3. The minimum Gasteiger partial charge on any atom is -0.310 e. The molecule has 0 atom stereocenters. The van der Waals surface area contributed by atoms with Gasteiger partial charge < -0.3 is 4.90 Å². The normalized spacial score (nSPS) is 23.9. The lowest BCUT2D eigenvalue weighted by Gasteiger charge is -2.59. The van der Waals surface area contributed by atoms with Gasteiger partial charge in [0.15, 0.2) is 0 Å². The maximum Gasteiger partial charge on any atom is 0.207 e. The summed E-state index contributed by atoms with van der Waals surface area (Å²) in [5.74, 6) is 1.92. The third-order valence-corrected chi connectivity index (χ3v) is 18.3. The van der Waals surface area contributed by atoms with Crippen LogP contribution in [-0.4, -0.2) is 8.42 Å². The van der Waals surface area contributed by atoms with Crippen molar-refractivity contribution >= 4 is 58.4 Å². The first kappa shape index (κ1) is 37.3. The number of nitrogens with zero attached hydrogens (tertiary/aromatic N) is 1. The summed E-state index contributed by atoms with van der Waals surface area (Å²) >= 11 is 1.86. The molecule has 0 radical (unpaired) electrons. The maximum absolute atomic E-state index is 14.9. The van der Waals surface area contributed by atoms with Gasteiger partial charge >= 0.3 is 0 Å². The SMILES string of the molecule is CC1(C)c2ccccc2-c2ccc(N(c3cccc(-c4cccc5c4sc4ccccc45)c3)c3ccc4c(c3)C3(c5ccccc5S4(=O)=O)[C@H]4C[C@@H](C)C[C@@H]3C[C@@H](C)C4)cc21. The van der Waals surface area contributed by atoms with Crippen molar-refractivity contribution in [2.45, 2.75) is 74.0 Å². The molecular formula is C56H49NO2S2. The molecule has 1 aliphatic heterocycles. The molecule has 61 heavy (non-hydrogen) atoms. The Kier molecular flexibility index (Phi) is 8.10. The van der Waals surface area contributed by atoms with Gasteiger partial charge in [0.1, 0.15) is 0 Å². The van der Waals surface area contributed by atoms with Gasteiger partial charge in [-0.1, -0.05) is 125 Å². The van der Waals surface area contributed by atoms with Gasteiger partial charge in [0, 0.05) is 48.1 Å². The highest BCUT2D eigenvalue weighted by molar-refractivity contribution is 7.91. The standard InChI is InChI=1S/C56H49NO2S2/c1-34-27-37-29-35(2)30-38(28-34)56(37)48-20-8-10-22-52(48)61(58,59)53-26-24-41(33-50(53)56)57(40-23-25-44-43-15-5-7-19-47(43)55(3,4)49(44)32-40)39-14-11-13-36(31-39)42-17-12-18-46-45-16-6-9-21-51(45)60-54(42)46/h5-26,31-35,37-38H,27-30H2,1-4H3/t34-,35+,37+,38-,56?. The van der Waals surface area contributed by atoms with Crippen LogP contribution in [-0.2, 0) is 20.7 Å². The molecule has 0 N–H and O–H groups in total. The Morgan fingerprint density at radius 3 is 1.89 bits per heavy atom. The molecule has 1 spiro atoms. The van der Waals surface area contributed by atoms with Gasteiger partial charge in [0.05, 0.1) is 9.79 Å². The van der Waals surface area contributed by atoms with Gasteiger partial charge in [0.25, 0.3) is 0 Å². The highest BCUT2D eigenvalue weighted by Crippen LogP contribution is 2.65. The van der Waals surface area contributed by atoms with Gasteiger partial charge in [0.2, 0.25) is 9.84 Å². The highest BCUT2D eigenvalue weighted by Gasteiger charge is 2.59. The van der Waals surface area contributed by atoms with Crippen LogP contribution in [0.2, 0.25) is 0 Å². The van der Waals surface area contributed by atoms with Gasteiger partial charge in [-0.2, -0.15) is 0 Å². The van der Waals surface area contributed by atoms with Crippen LogP contribution in [0.25, 0.3) is 42.4 Å². The Balaban J connectivity index is 1.10. The first-order chi connectivity index (χ1) is 29.5. The molecule has 7 aromatic carbocycles. The molecule has 0 amide bonds. The molecule has 3 aliphatic carbocycles. The Morgan fingerprint density at radius 2 is 1.10 bits per heavy atom. The number of rotatable bonds is 4. The van der Waals surface area contributed by atoms with Crippen LogP contribution in [0.5, 0.6) is 0 Å². The minimum absolute atomic E-state index is 0.184. The van der Waals surface area contributed by atoms with E-state index in [1.54, 1.807) is 0 Å². The molecule has 5 heteroatoms. The minimum atomic E-state index is -3.75. The summed E-state index contributed by atoms with van der Waals surface area (Å²) in [6.07, 6.45) is 4.42. The fourth-order valence-corrected chi connectivity index (χ4v) is 15.9. The van der Waals surface area contributed by atoms with E-state index in [4.69, 9.17) is 0 Å². The molecule has 0 unspecified atom stereocenters. The molecule has 3 nitrogen and oxygen atoms in total. The van der Waals surface area contributed by atoms with Gasteiger partial charge in [-0.15, -0.1) is 11.3 Å². The number of sulfone groups is 1. The van der Waals surface area contributed by atoms with E-state index in [1.165, 1.54) is 48.0 Å². The fourth-order valence-electron chi connectivity index (χ4n) is 12.9. The van der Waals surface area contributed by atoms with Crippen molar-refractivity contribution in [3.05, 3.63) is 174 Å². The quantitative estimate of drug-likeness (QED) is 0.177. The van der Waals surface area contributed by atoms with Crippen molar-refractivity contribution < 1.29 is 8.42 Å². The second-order valence-electron chi connectivity index (χ2n) is 19.2. The summed E-state index contributed by atoms with van der Waals surface area (Å²) in [5, 5.41) is 2.57. The zero-order valence-electron chi connectivity index (χ0n) is 35.2. The summed E-state index contributed by atoms with van der Waals surface area (Å²) in [7, 11) is -3.75. The number of anilines is 3. The van der Waals surface area contributed by atoms with Crippen molar-refractivity contribution in [1.82, 2.24) is 0 Å². The molecular weight excluding hydrogens is 783 g/mol. The number of benzene rings is 7. The Bertz CT molecular complexity index is 3200. The molecule has 0 saturated heterocycles. The zero-order valence-corrected chi connectivity index (χ0v) is 36.8. The van der Waals surface area contributed by atoms with Crippen LogP contribution >= 0.6 is 11.3 Å². The molecule has 2 heterocycles. The van der Waals surface area contributed by atoms with Crippen molar-refractivity contribution in [3.8, 4) is 22.3 Å². The predicted octanol–water partition coefficient (Wildman–Crippen LogP) is 15.0.